The smallest absolute Gasteiger partial charge is 0.323 e. The zero-order valence-electron chi connectivity index (χ0n) is 15.1. The molecule has 2 aromatic rings. The molecule has 27 heavy (non-hydrogen) atoms. The normalized spacial score (nSPS) is 18.7. The minimum absolute atomic E-state index is 0.197. The molecule has 0 saturated carbocycles. The third kappa shape index (κ3) is 3.87. The molecule has 2 saturated heterocycles. The van der Waals surface area contributed by atoms with E-state index in [1.165, 1.54) is 11.3 Å². The summed E-state index contributed by atoms with van der Waals surface area (Å²) in [5, 5.41) is 3.44. The minimum atomic E-state index is -0.814. The van der Waals surface area contributed by atoms with Crippen molar-refractivity contribution in [2.45, 2.75) is 0 Å². The fourth-order valence-corrected chi connectivity index (χ4v) is 5.32. The molecule has 2 aliphatic rings. The number of aromatic nitrogens is 1. The molecule has 1 aromatic carbocycles. The molecule has 1 aromatic heterocycles. The van der Waals surface area contributed by atoms with E-state index in [1.54, 1.807) is 12.0 Å². The zero-order valence-corrected chi connectivity index (χ0v) is 16.7. The number of carbonyl (C=O) groups is 1. The quantitative estimate of drug-likeness (QED) is 0.830. The molecule has 2 fully saturated rings. The maximum atomic E-state index is 12.5. The largest absolute Gasteiger partial charge is 0.494 e. The van der Waals surface area contributed by atoms with Gasteiger partial charge in [-0.3, -0.25) is 9.53 Å². The molecule has 0 atom stereocenters. The summed E-state index contributed by atoms with van der Waals surface area (Å²) in [4.78, 5) is 21.1. The Kier molecular flexibility index (Phi) is 5.46. The number of nitrogens with one attached hydrogen (secondary N) is 1. The lowest BCUT2D eigenvalue weighted by Gasteiger charge is -2.29. The Morgan fingerprint density at radius 3 is 2.70 bits per heavy atom. The van der Waals surface area contributed by atoms with Crippen LogP contribution < -0.4 is 15.0 Å². The van der Waals surface area contributed by atoms with E-state index < -0.39 is 10.8 Å². The van der Waals surface area contributed by atoms with Gasteiger partial charge in [-0.05, 0) is 12.1 Å². The fraction of sp³-hybridized carbons (Fsp3) is 0.529. The van der Waals surface area contributed by atoms with Crippen molar-refractivity contribution < 1.29 is 18.5 Å². The predicted molar refractivity (Wildman–Crippen MR) is 108 cm³/mol. The van der Waals surface area contributed by atoms with E-state index in [4.69, 9.17) is 9.47 Å². The van der Waals surface area contributed by atoms with Gasteiger partial charge in [0, 0.05) is 48.5 Å². The van der Waals surface area contributed by atoms with Crippen LogP contribution in [0.3, 0.4) is 0 Å². The van der Waals surface area contributed by atoms with E-state index in [0.29, 0.717) is 48.7 Å². The SMILES string of the molecule is COc1ccc(N2CCOCC2)c2sc(NC(=O)N3CCS(=O)CC3)nc12. The van der Waals surface area contributed by atoms with E-state index in [1.807, 2.05) is 12.1 Å². The number of morpholine rings is 1. The fourth-order valence-electron chi connectivity index (χ4n) is 3.25. The number of fused-ring (bicyclic) bond motifs is 1. The van der Waals surface area contributed by atoms with Gasteiger partial charge in [0.05, 0.1) is 30.7 Å². The Labute approximate surface area is 163 Å². The monoisotopic (exact) mass is 410 g/mol. The van der Waals surface area contributed by atoms with Gasteiger partial charge in [-0.2, -0.15) is 0 Å². The summed E-state index contributed by atoms with van der Waals surface area (Å²) in [5.41, 5.74) is 1.84. The first kappa shape index (κ1) is 18.5. The van der Waals surface area contributed by atoms with Crippen molar-refractivity contribution in [1.82, 2.24) is 9.88 Å². The second-order valence-electron chi connectivity index (χ2n) is 6.35. The average Bonchev–Trinajstić information content (AvgIpc) is 3.11. The molecule has 0 aliphatic carbocycles. The number of benzene rings is 1. The van der Waals surface area contributed by atoms with Crippen LogP contribution in [0.15, 0.2) is 12.1 Å². The summed E-state index contributed by atoms with van der Waals surface area (Å²) in [6.07, 6.45) is 0. The highest BCUT2D eigenvalue weighted by atomic mass is 32.2. The molecule has 3 heterocycles. The van der Waals surface area contributed by atoms with Crippen molar-refractivity contribution in [1.29, 1.82) is 0 Å². The summed E-state index contributed by atoms with van der Waals surface area (Å²) in [7, 11) is 0.806. The molecule has 0 radical (unpaired) electrons. The molecule has 0 spiro atoms. The minimum Gasteiger partial charge on any atom is -0.494 e. The maximum absolute atomic E-state index is 12.5. The van der Waals surface area contributed by atoms with Gasteiger partial charge in [0.25, 0.3) is 0 Å². The van der Waals surface area contributed by atoms with E-state index in [9.17, 15) is 9.00 Å². The third-order valence-electron chi connectivity index (χ3n) is 4.74. The number of urea groups is 1. The standard InChI is InChI=1S/C17H22N4O4S2/c1-24-13-3-2-12(20-4-8-25-9-5-20)15-14(13)18-16(26-15)19-17(22)21-6-10-27(23)11-7-21/h2-3H,4-11H2,1H3,(H,18,19,22). The van der Waals surface area contributed by atoms with E-state index in [0.717, 1.165) is 29.0 Å². The van der Waals surface area contributed by atoms with Gasteiger partial charge in [-0.25, -0.2) is 9.78 Å². The van der Waals surface area contributed by atoms with Crippen molar-refractivity contribution in [3.05, 3.63) is 12.1 Å². The molecule has 0 bridgehead atoms. The van der Waals surface area contributed by atoms with Gasteiger partial charge >= 0.3 is 6.03 Å². The second-order valence-corrected chi connectivity index (χ2v) is 9.04. The van der Waals surface area contributed by atoms with Crippen LogP contribution >= 0.6 is 11.3 Å². The predicted octanol–water partition coefficient (Wildman–Crippen LogP) is 1.74. The maximum Gasteiger partial charge on any atom is 0.323 e. The molecule has 8 nitrogen and oxygen atoms in total. The van der Waals surface area contributed by atoms with Gasteiger partial charge in [0.1, 0.15) is 11.3 Å². The number of carbonyl (C=O) groups excluding carboxylic acids is 1. The number of hydrogen-bond donors (Lipinski definition) is 1. The van der Waals surface area contributed by atoms with Gasteiger partial charge < -0.3 is 19.3 Å². The number of methoxy groups -OCH3 is 1. The van der Waals surface area contributed by atoms with Crippen LogP contribution in [0.5, 0.6) is 5.75 Å². The Bertz CT molecular complexity index is 856. The van der Waals surface area contributed by atoms with Crippen molar-refractivity contribution >= 4 is 49.2 Å². The van der Waals surface area contributed by atoms with Crippen LogP contribution in [0.4, 0.5) is 15.6 Å². The Morgan fingerprint density at radius 2 is 2.00 bits per heavy atom. The lowest BCUT2D eigenvalue weighted by atomic mass is 10.2. The lowest BCUT2D eigenvalue weighted by molar-refractivity contribution is 0.123. The zero-order chi connectivity index (χ0) is 18.8. The number of nitrogens with zero attached hydrogens (tertiary/aromatic N) is 3. The number of amides is 2. The van der Waals surface area contributed by atoms with E-state index in [2.05, 4.69) is 15.2 Å². The molecule has 146 valence electrons. The van der Waals surface area contributed by atoms with Crippen molar-refractivity contribution in [3.63, 3.8) is 0 Å². The first-order valence-corrected chi connectivity index (χ1v) is 11.2. The summed E-state index contributed by atoms with van der Waals surface area (Å²) >= 11 is 1.45. The van der Waals surface area contributed by atoms with Crippen LogP contribution in [0.2, 0.25) is 0 Å². The van der Waals surface area contributed by atoms with Gasteiger partial charge in [0.2, 0.25) is 0 Å². The van der Waals surface area contributed by atoms with Crippen LogP contribution in [0.25, 0.3) is 10.2 Å². The summed E-state index contributed by atoms with van der Waals surface area (Å²) in [6, 6.07) is 3.76. The van der Waals surface area contributed by atoms with Crippen molar-refractivity contribution in [2.24, 2.45) is 0 Å². The molecular formula is C17H22N4O4S2. The molecule has 1 N–H and O–H groups in total. The number of ether oxygens (including phenoxy) is 2. The number of hydrogen-bond acceptors (Lipinski definition) is 7. The molecule has 4 rings (SSSR count). The Morgan fingerprint density at radius 1 is 1.26 bits per heavy atom. The van der Waals surface area contributed by atoms with Crippen molar-refractivity contribution in [3.8, 4) is 5.75 Å². The molecular weight excluding hydrogens is 388 g/mol. The number of thiazole rings is 1. The van der Waals surface area contributed by atoms with Gasteiger partial charge in [-0.1, -0.05) is 11.3 Å². The molecule has 2 amide bonds. The van der Waals surface area contributed by atoms with Crippen LogP contribution in [0, 0.1) is 0 Å². The number of anilines is 2. The van der Waals surface area contributed by atoms with Crippen LogP contribution in [-0.4, -0.2) is 78.1 Å². The first-order chi connectivity index (χ1) is 13.2. The van der Waals surface area contributed by atoms with E-state index in [-0.39, 0.29) is 6.03 Å². The lowest BCUT2D eigenvalue weighted by Crippen LogP contribution is -2.43. The highest BCUT2D eigenvalue weighted by Gasteiger charge is 2.23. The third-order valence-corrected chi connectivity index (χ3v) is 7.01. The van der Waals surface area contributed by atoms with Gasteiger partial charge in [-0.15, -0.1) is 0 Å². The summed E-state index contributed by atoms with van der Waals surface area (Å²) < 4.78 is 23.4. The van der Waals surface area contributed by atoms with Crippen LogP contribution in [0.1, 0.15) is 0 Å². The highest BCUT2D eigenvalue weighted by Crippen LogP contribution is 2.39. The van der Waals surface area contributed by atoms with Crippen LogP contribution in [-0.2, 0) is 15.5 Å². The summed E-state index contributed by atoms with van der Waals surface area (Å²) in [6.45, 7) is 4.06. The Hall–Kier alpha value is -1.91. The Balaban J connectivity index is 1.60. The second kappa shape index (κ2) is 7.99. The molecule has 2 aliphatic heterocycles. The van der Waals surface area contributed by atoms with Gasteiger partial charge in [0.15, 0.2) is 5.13 Å². The molecule has 10 heteroatoms. The average molecular weight is 411 g/mol. The highest BCUT2D eigenvalue weighted by molar-refractivity contribution is 7.85. The first-order valence-electron chi connectivity index (χ1n) is 8.87. The van der Waals surface area contributed by atoms with Crippen molar-refractivity contribution in [2.75, 3.05) is 68.2 Å². The topological polar surface area (TPSA) is 84.0 Å². The molecule has 0 unspecified atom stereocenters. The van der Waals surface area contributed by atoms with E-state index >= 15 is 0 Å². The number of rotatable bonds is 3. The summed E-state index contributed by atoms with van der Waals surface area (Å²) in [5.74, 6) is 1.75.